The van der Waals surface area contributed by atoms with Crippen LogP contribution in [-0.4, -0.2) is 36.6 Å². The maximum absolute atomic E-state index is 12.0. The largest absolute Gasteiger partial charge is 0.469 e. The van der Waals surface area contributed by atoms with E-state index in [-0.39, 0.29) is 11.9 Å². The minimum atomic E-state index is -0.275. The standard InChI is InChI=1S/C17H20N2O2/c1-19(12-14-8-10-18-11-9-14)13-16(17(20)21-2)15-6-4-3-5-7-15/h3-11,16H,12-13H2,1-2H3. The highest BCUT2D eigenvalue weighted by Crippen LogP contribution is 2.19. The van der Waals surface area contributed by atoms with Crippen molar-refractivity contribution in [1.82, 2.24) is 9.88 Å². The van der Waals surface area contributed by atoms with Gasteiger partial charge in [0.05, 0.1) is 13.0 Å². The van der Waals surface area contributed by atoms with E-state index in [0.29, 0.717) is 6.54 Å². The van der Waals surface area contributed by atoms with Crippen molar-refractivity contribution >= 4 is 5.97 Å². The molecular formula is C17H20N2O2. The Balaban J connectivity index is 2.07. The summed E-state index contributed by atoms with van der Waals surface area (Å²) in [6, 6.07) is 13.7. The minimum absolute atomic E-state index is 0.206. The number of pyridine rings is 1. The molecule has 2 rings (SSSR count). The molecule has 2 aromatic rings. The first-order valence-electron chi connectivity index (χ1n) is 6.91. The lowest BCUT2D eigenvalue weighted by Gasteiger charge is -2.22. The lowest BCUT2D eigenvalue weighted by molar-refractivity contribution is -0.142. The van der Waals surface area contributed by atoms with E-state index < -0.39 is 0 Å². The predicted octanol–water partition coefficient (Wildman–Crippen LogP) is 2.47. The topological polar surface area (TPSA) is 42.4 Å². The number of ether oxygens (including phenoxy) is 1. The zero-order chi connectivity index (χ0) is 15.1. The molecule has 0 saturated heterocycles. The zero-order valence-corrected chi connectivity index (χ0v) is 12.4. The zero-order valence-electron chi connectivity index (χ0n) is 12.4. The van der Waals surface area contributed by atoms with Gasteiger partial charge in [-0.3, -0.25) is 9.78 Å². The minimum Gasteiger partial charge on any atom is -0.469 e. The first-order valence-corrected chi connectivity index (χ1v) is 6.91. The number of aromatic nitrogens is 1. The van der Waals surface area contributed by atoms with Gasteiger partial charge in [0.25, 0.3) is 0 Å². The molecule has 0 spiro atoms. The summed E-state index contributed by atoms with van der Waals surface area (Å²) in [5, 5.41) is 0. The summed E-state index contributed by atoms with van der Waals surface area (Å²) < 4.78 is 4.94. The number of nitrogens with zero attached hydrogens (tertiary/aromatic N) is 2. The molecule has 1 unspecified atom stereocenters. The fraction of sp³-hybridized carbons (Fsp3) is 0.294. The van der Waals surface area contributed by atoms with Crippen LogP contribution in [0.2, 0.25) is 0 Å². The summed E-state index contributed by atoms with van der Waals surface area (Å²) in [5.74, 6) is -0.481. The second-order valence-electron chi connectivity index (χ2n) is 5.04. The SMILES string of the molecule is COC(=O)C(CN(C)Cc1ccncc1)c1ccccc1. The normalized spacial score (nSPS) is 12.1. The molecule has 4 nitrogen and oxygen atoms in total. The van der Waals surface area contributed by atoms with Crippen LogP contribution in [0.5, 0.6) is 0 Å². The summed E-state index contributed by atoms with van der Waals surface area (Å²) >= 11 is 0. The molecule has 0 aliphatic carbocycles. The van der Waals surface area contributed by atoms with Gasteiger partial charge < -0.3 is 9.64 Å². The highest BCUT2D eigenvalue weighted by Gasteiger charge is 2.22. The van der Waals surface area contributed by atoms with Crippen molar-refractivity contribution in [2.75, 3.05) is 20.7 Å². The van der Waals surface area contributed by atoms with Crippen molar-refractivity contribution in [3.8, 4) is 0 Å². The number of hydrogen-bond acceptors (Lipinski definition) is 4. The second kappa shape index (κ2) is 7.55. The predicted molar refractivity (Wildman–Crippen MR) is 81.8 cm³/mol. The molecule has 1 atom stereocenters. The van der Waals surface area contributed by atoms with Crippen LogP contribution in [0, 0.1) is 0 Å². The number of benzene rings is 1. The van der Waals surface area contributed by atoms with Crippen molar-refractivity contribution in [3.05, 3.63) is 66.0 Å². The maximum Gasteiger partial charge on any atom is 0.314 e. The van der Waals surface area contributed by atoms with Gasteiger partial charge in [0, 0.05) is 25.5 Å². The van der Waals surface area contributed by atoms with E-state index in [4.69, 9.17) is 4.74 Å². The van der Waals surface area contributed by atoms with Crippen molar-refractivity contribution < 1.29 is 9.53 Å². The van der Waals surface area contributed by atoms with Crippen LogP contribution in [0.25, 0.3) is 0 Å². The van der Waals surface area contributed by atoms with Crippen LogP contribution in [-0.2, 0) is 16.1 Å². The van der Waals surface area contributed by atoms with Crippen molar-refractivity contribution in [2.45, 2.75) is 12.5 Å². The lowest BCUT2D eigenvalue weighted by Crippen LogP contribution is -2.29. The van der Waals surface area contributed by atoms with Gasteiger partial charge in [0.15, 0.2) is 0 Å². The molecule has 0 aliphatic heterocycles. The number of esters is 1. The van der Waals surface area contributed by atoms with E-state index >= 15 is 0 Å². The van der Waals surface area contributed by atoms with Gasteiger partial charge in [-0.2, -0.15) is 0 Å². The average molecular weight is 284 g/mol. The highest BCUT2D eigenvalue weighted by atomic mass is 16.5. The second-order valence-corrected chi connectivity index (χ2v) is 5.04. The Morgan fingerprint density at radius 3 is 2.48 bits per heavy atom. The third-order valence-corrected chi connectivity index (χ3v) is 3.38. The van der Waals surface area contributed by atoms with E-state index in [0.717, 1.165) is 12.1 Å². The molecule has 0 bridgehead atoms. The van der Waals surface area contributed by atoms with Gasteiger partial charge in [-0.25, -0.2) is 0 Å². The van der Waals surface area contributed by atoms with Crippen LogP contribution < -0.4 is 0 Å². The summed E-state index contributed by atoms with van der Waals surface area (Å²) in [6.07, 6.45) is 3.55. The molecule has 21 heavy (non-hydrogen) atoms. The summed E-state index contributed by atoms with van der Waals surface area (Å²) in [5.41, 5.74) is 2.15. The Kier molecular flexibility index (Phi) is 5.46. The van der Waals surface area contributed by atoms with Gasteiger partial charge in [0.2, 0.25) is 0 Å². The molecule has 0 aliphatic rings. The van der Waals surface area contributed by atoms with Gasteiger partial charge in [-0.15, -0.1) is 0 Å². The first kappa shape index (κ1) is 15.2. The Hall–Kier alpha value is -2.20. The Bertz CT molecular complexity index is 558. The van der Waals surface area contributed by atoms with Crippen LogP contribution in [0.3, 0.4) is 0 Å². The van der Waals surface area contributed by atoms with E-state index in [1.165, 1.54) is 12.7 Å². The van der Waals surface area contributed by atoms with Gasteiger partial charge in [-0.05, 0) is 30.3 Å². The quantitative estimate of drug-likeness (QED) is 0.764. The molecule has 0 N–H and O–H groups in total. The maximum atomic E-state index is 12.0. The van der Waals surface area contributed by atoms with E-state index in [1.807, 2.05) is 49.5 Å². The van der Waals surface area contributed by atoms with Gasteiger partial charge >= 0.3 is 5.97 Å². The smallest absolute Gasteiger partial charge is 0.314 e. The Labute approximate surface area is 125 Å². The third kappa shape index (κ3) is 4.39. The van der Waals surface area contributed by atoms with E-state index in [2.05, 4.69) is 9.88 Å². The van der Waals surface area contributed by atoms with Gasteiger partial charge in [0.1, 0.15) is 0 Å². The van der Waals surface area contributed by atoms with Crippen molar-refractivity contribution in [1.29, 1.82) is 0 Å². The fourth-order valence-corrected chi connectivity index (χ4v) is 2.32. The number of hydrogen-bond donors (Lipinski definition) is 0. The third-order valence-electron chi connectivity index (χ3n) is 3.38. The molecule has 4 heteroatoms. The molecule has 110 valence electrons. The number of carbonyl (C=O) groups is 1. The average Bonchev–Trinajstić information content (AvgIpc) is 2.53. The van der Waals surface area contributed by atoms with Crippen LogP contribution >= 0.6 is 0 Å². The fourth-order valence-electron chi connectivity index (χ4n) is 2.32. The molecule has 1 aromatic heterocycles. The van der Waals surface area contributed by atoms with Gasteiger partial charge in [-0.1, -0.05) is 30.3 Å². The molecule has 0 fully saturated rings. The summed E-state index contributed by atoms with van der Waals surface area (Å²) in [4.78, 5) is 18.2. The number of carbonyl (C=O) groups excluding carboxylic acids is 1. The Morgan fingerprint density at radius 2 is 1.86 bits per heavy atom. The van der Waals surface area contributed by atoms with Crippen molar-refractivity contribution in [2.24, 2.45) is 0 Å². The lowest BCUT2D eigenvalue weighted by atomic mass is 9.98. The van der Waals surface area contributed by atoms with Crippen LogP contribution in [0.15, 0.2) is 54.9 Å². The van der Waals surface area contributed by atoms with E-state index in [1.54, 1.807) is 12.4 Å². The van der Waals surface area contributed by atoms with Crippen LogP contribution in [0.1, 0.15) is 17.0 Å². The van der Waals surface area contributed by atoms with E-state index in [9.17, 15) is 4.79 Å². The van der Waals surface area contributed by atoms with Crippen molar-refractivity contribution in [3.63, 3.8) is 0 Å². The molecule has 0 saturated carbocycles. The van der Waals surface area contributed by atoms with Crippen LogP contribution in [0.4, 0.5) is 0 Å². The summed E-state index contributed by atoms with van der Waals surface area (Å²) in [6.45, 7) is 1.38. The summed E-state index contributed by atoms with van der Waals surface area (Å²) in [7, 11) is 3.43. The molecule has 1 aromatic carbocycles. The Morgan fingerprint density at radius 1 is 1.19 bits per heavy atom. The highest BCUT2D eigenvalue weighted by molar-refractivity contribution is 5.78. The number of likely N-dealkylation sites (N-methyl/N-ethyl adjacent to an activating group) is 1. The monoisotopic (exact) mass is 284 g/mol. The molecule has 1 heterocycles. The molecule has 0 radical (unpaired) electrons. The number of methoxy groups -OCH3 is 1. The molecule has 0 amide bonds. The number of rotatable bonds is 6. The molecular weight excluding hydrogens is 264 g/mol. The first-order chi connectivity index (χ1) is 10.2.